The van der Waals surface area contributed by atoms with E-state index in [1.807, 2.05) is 43.3 Å². The fourth-order valence-corrected chi connectivity index (χ4v) is 3.58. The second-order valence-electron chi connectivity index (χ2n) is 8.20. The van der Waals surface area contributed by atoms with Gasteiger partial charge in [0, 0.05) is 17.7 Å². The van der Waals surface area contributed by atoms with E-state index in [4.69, 9.17) is 9.47 Å². The van der Waals surface area contributed by atoms with E-state index < -0.39 is 22.9 Å². The van der Waals surface area contributed by atoms with Crippen molar-refractivity contribution in [1.29, 1.82) is 0 Å². The zero-order valence-electron chi connectivity index (χ0n) is 20.1. The van der Waals surface area contributed by atoms with Gasteiger partial charge in [0.05, 0.1) is 16.7 Å². The van der Waals surface area contributed by atoms with E-state index in [1.54, 1.807) is 24.3 Å². The van der Waals surface area contributed by atoms with E-state index in [9.17, 15) is 19.7 Å². The Bertz CT molecular complexity index is 1500. The van der Waals surface area contributed by atoms with Gasteiger partial charge >= 0.3 is 5.97 Å². The molecule has 9 heteroatoms. The summed E-state index contributed by atoms with van der Waals surface area (Å²) in [6.45, 7) is 3.42. The third-order valence-electron chi connectivity index (χ3n) is 5.49. The molecule has 0 aliphatic rings. The number of nitrogens with one attached hydrogen (secondary N) is 1. The number of amides is 1. The van der Waals surface area contributed by atoms with Crippen molar-refractivity contribution in [3.8, 4) is 11.5 Å². The zero-order chi connectivity index (χ0) is 26.4. The number of hydrogen-bond acceptors (Lipinski definition) is 7. The number of rotatable bonds is 8. The van der Waals surface area contributed by atoms with Crippen LogP contribution in [-0.4, -0.2) is 29.1 Å². The van der Waals surface area contributed by atoms with Gasteiger partial charge in [0.1, 0.15) is 11.5 Å². The lowest BCUT2D eigenvalue weighted by molar-refractivity contribution is -0.384. The highest BCUT2D eigenvalue weighted by Crippen LogP contribution is 2.27. The molecule has 1 atom stereocenters. The molecule has 37 heavy (non-hydrogen) atoms. The number of nitro groups is 1. The Kier molecular flexibility index (Phi) is 7.53. The number of non-ortho nitro benzene ring substituents is 1. The molecule has 0 aliphatic carbocycles. The van der Waals surface area contributed by atoms with Crippen molar-refractivity contribution in [2.24, 2.45) is 5.10 Å². The van der Waals surface area contributed by atoms with E-state index in [-0.39, 0.29) is 5.69 Å². The molecule has 4 aromatic carbocycles. The third kappa shape index (κ3) is 6.15. The number of esters is 1. The Balaban J connectivity index is 1.50. The molecular weight excluding hydrogens is 474 g/mol. The standard InChI is InChI=1S/C28H23N3O6/c1-18-6-5-8-21(16-18)28(33)37-26-15-10-20-7-3-4-9-24(20)25(26)17-29-30-27(32)19(2)36-23-13-11-22(12-14-23)31(34)35/h3-17,19H,1-2H3,(H,30,32). The van der Waals surface area contributed by atoms with Gasteiger partial charge in [0.25, 0.3) is 11.6 Å². The summed E-state index contributed by atoms with van der Waals surface area (Å²) in [5.41, 5.74) is 4.21. The summed E-state index contributed by atoms with van der Waals surface area (Å²) in [5, 5.41) is 16.5. The van der Waals surface area contributed by atoms with E-state index >= 15 is 0 Å². The first-order valence-corrected chi connectivity index (χ1v) is 11.4. The molecule has 1 N–H and O–H groups in total. The lowest BCUT2D eigenvalue weighted by Crippen LogP contribution is -2.33. The molecule has 0 radical (unpaired) electrons. The molecule has 1 unspecified atom stereocenters. The number of nitro benzene ring substituents is 1. The molecule has 0 spiro atoms. The molecule has 0 saturated heterocycles. The summed E-state index contributed by atoms with van der Waals surface area (Å²) in [7, 11) is 0. The van der Waals surface area contributed by atoms with Crippen LogP contribution in [0.1, 0.15) is 28.4 Å². The molecule has 1 amide bonds. The summed E-state index contributed by atoms with van der Waals surface area (Å²) < 4.78 is 11.2. The molecule has 4 aromatic rings. The van der Waals surface area contributed by atoms with Crippen LogP contribution in [0, 0.1) is 17.0 Å². The number of fused-ring (bicyclic) bond motifs is 1. The van der Waals surface area contributed by atoms with Crippen molar-refractivity contribution in [2.45, 2.75) is 20.0 Å². The zero-order valence-corrected chi connectivity index (χ0v) is 20.1. The highest BCUT2D eigenvalue weighted by Gasteiger charge is 2.16. The maximum Gasteiger partial charge on any atom is 0.343 e. The Labute approximate surface area is 212 Å². The average molecular weight is 498 g/mol. The van der Waals surface area contributed by atoms with Crippen molar-refractivity contribution in [1.82, 2.24) is 5.43 Å². The number of hydrogen-bond donors (Lipinski definition) is 1. The van der Waals surface area contributed by atoms with Gasteiger partial charge < -0.3 is 9.47 Å². The first-order valence-electron chi connectivity index (χ1n) is 11.4. The van der Waals surface area contributed by atoms with Gasteiger partial charge in [0.15, 0.2) is 6.10 Å². The SMILES string of the molecule is Cc1cccc(C(=O)Oc2ccc3ccccc3c2C=NNC(=O)C(C)Oc2ccc([N+](=O)[O-])cc2)c1. The number of aryl methyl sites for hydroxylation is 1. The smallest absolute Gasteiger partial charge is 0.343 e. The predicted octanol–water partition coefficient (Wildman–Crippen LogP) is 5.19. The number of benzene rings is 4. The summed E-state index contributed by atoms with van der Waals surface area (Å²) >= 11 is 0. The number of carbonyl (C=O) groups excluding carboxylic acids is 2. The molecule has 0 aromatic heterocycles. The predicted molar refractivity (Wildman–Crippen MR) is 139 cm³/mol. The van der Waals surface area contributed by atoms with Crippen molar-refractivity contribution in [3.63, 3.8) is 0 Å². The fraction of sp³-hybridized carbons (Fsp3) is 0.107. The van der Waals surface area contributed by atoms with Crippen LogP contribution in [-0.2, 0) is 4.79 Å². The summed E-state index contributed by atoms with van der Waals surface area (Å²) in [6, 6.07) is 23.5. The Morgan fingerprint density at radius 3 is 2.49 bits per heavy atom. The number of hydrazone groups is 1. The second kappa shape index (κ2) is 11.1. The summed E-state index contributed by atoms with van der Waals surface area (Å²) in [4.78, 5) is 35.5. The second-order valence-corrected chi connectivity index (χ2v) is 8.20. The van der Waals surface area contributed by atoms with Crippen molar-refractivity contribution in [2.75, 3.05) is 0 Å². The van der Waals surface area contributed by atoms with Crippen LogP contribution < -0.4 is 14.9 Å². The van der Waals surface area contributed by atoms with Gasteiger partial charge in [-0.3, -0.25) is 14.9 Å². The minimum atomic E-state index is -0.926. The number of nitrogens with zero attached hydrogens (tertiary/aromatic N) is 2. The van der Waals surface area contributed by atoms with Crippen LogP contribution in [0.5, 0.6) is 11.5 Å². The van der Waals surface area contributed by atoms with E-state index in [0.717, 1.165) is 16.3 Å². The highest BCUT2D eigenvalue weighted by atomic mass is 16.6. The van der Waals surface area contributed by atoms with Crippen LogP contribution in [0.2, 0.25) is 0 Å². The Morgan fingerprint density at radius 1 is 1.00 bits per heavy atom. The maximum absolute atomic E-state index is 12.8. The molecular formula is C28H23N3O6. The molecule has 0 saturated carbocycles. The van der Waals surface area contributed by atoms with E-state index in [2.05, 4.69) is 10.5 Å². The van der Waals surface area contributed by atoms with Crippen molar-refractivity contribution < 1.29 is 24.0 Å². The Hall–Kier alpha value is -5.05. The molecule has 0 fully saturated rings. The summed E-state index contributed by atoms with van der Waals surface area (Å²) in [5.74, 6) is -0.453. The lowest BCUT2D eigenvalue weighted by Gasteiger charge is -2.13. The molecule has 0 heterocycles. The first-order chi connectivity index (χ1) is 17.8. The van der Waals surface area contributed by atoms with E-state index in [1.165, 1.54) is 37.4 Å². The topological polar surface area (TPSA) is 120 Å². The highest BCUT2D eigenvalue weighted by molar-refractivity contribution is 6.04. The molecule has 0 bridgehead atoms. The average Bonchev–Trinajstić information content (AvgIpc) is 2.89. The molecule has 0 aliphatic heterocycles. The van der Waals surface area contributed by atoms with Crippen molar-refractivity contribution >= 4 is 34.6 Å². The normalized spacial score (nSPS) is 11.7. The number of carbonyl (C=O) groups is 2. The van der Waals surface area contributed by atoms with Gasteiger partial charge in [-0.1, -0.05) is 48.0 Å². The van der Waals surface area contributed by atoms with Gasteiger partial charge in [-0.05, 0) is 55.0 Å². The molecule has 4 rings (SSSR count). The van der Waals surface area contributed by atoms with Crippen LogP contribution >= 0.6 is 0 Å². The fourth-order valence-electron chi connectivity index (χ4n) is 3.58. The maximum atomic E-state index is 12.8. The summed E-state index contributed by atoms with van der Waals surface area (Å²) in [6.07, 6.45) is 0.488. The minimum Gasteiger partial charge on any atom is -0.481 e. The van der Waals surface area contributed by atoms with Crippen LogP contribution in [0.3, 0.4) is 0 Å². The van der Waals surface area contributed by atoms with Gasteiger partial charge in [0.2, 0.25) is 0 Å². The monoisotopic (exact) mass is 497 g/mol. The largest absolute Gasteiger partial charge is 0.481 e. The molecule has 186 valence electrons. The lowest BCUT2D eigenvalue weighted by atomic mass is 10.0. The third-order valence-corrected chi connectivity index (χ3v) is 5.49. The van der Waals surface area contributed by atoms with Crippen LogP contribution in [0.25, 0.3) is 10.8 Å². The Morgan fingerprint density at radius 2 is 1.76 bits per heavy atom. The van der Waals surface area contributed by atoms with Gasteiger partial charge in [-0.25, -0.2) is 10.2 Å². The van der Waals surface area contributed by atoms with Crippen LogP contribution in [0.15, 0.2) is 90.0 Å². The van der Waals surface area contributed by atoms with Gasteiger partial charge in [-0.2, -0.15) is 5.10 Å². The molecule has 9 nitrogen and oxygen atoms in total. The van der Waals surface area contributed by atoms with Crippen LogP contribution in [0.4, 0.5) is 5.69 Å². The quantitative estimate of drug-likeness (QED) is 0.118. The minimum absolute atomic E-state index is 0.0805. The number of ether oxygens (including phenoxy) is 2. The van der Waals surface area contributed by atoms with Gasteiger partial charge in [-0.15, -0.1) is 0 Å². The first kappa shape index (κ1) is 25.1. The van der Waals surface area contributed by atoms with Crippen molar-refractivity contribution in [3.05, 3.63) is 112 Å². The van der Waals surface area contributed by atoms with E-state index in [0.29, 0.717) is 22.6 Å².